The fourth-order valence-electron chi connectivity index (χ4n) is 2.86. The van der Waals surface area contributed by atoms with E-state index >= 15 is 0 Å². The second-order valence-corrected chi connectivity index (χ2v) is 5.55. The second kappa shape index (κ2) is 6.27. The minimum absolute atomic E-state index is 0.474. The van der Waals surface area contributed by atoms with Gasteiger partial charge >= 0.3 is 0 Å². The molecule has 1 aliphatic carbocycles. The molecule has 0 saturated heterocycles. The molecule has 1 heterocycles. The van der Waals surface area contributed by atoms with Crippen LogP contribution in [0.3, 0.4) is 0 Å². The summed E-state index contributed by atoms with van der Waals surface area (Å²) >= 11 is 0. The van der Waals surface area contributed by atoms with Gasteiger partial charge in [-0.15, -0.1) is 5.10 Å². The van der Waals surface area contributed by atoms with Gasteiger partial charge in [-0.2, -0.15) is 0 Å². The topological polar surface area (TPSA) is 55.6 Å². The van der Waals surface area contributed by atoms with Crippen molar-refractivity contribution < 1.29 is 0 Å². The van der Waals surface area contributed by atoms with Crippen LogP contribution in [0, 0.1) is 11.8 Å². The van der Waals surface area contributed by atoms with Crippen molar-refractivity contribution in [2.75, 3.05) is 6.54 Å². The molecule has 0 aromatic carbocycles. The minimum atomic E-state index is 0.474. The molecule has 1 saturated carbocycles. The highest BCUT2D eigenvalue weighted by Gasteiger charge is 2.30. The summed E-state index contributed by atoms with van der Waals surface area (Å²) in [5.74, 6) is 2.41. The van der Waals surface area contributed by atoms with E-state index in [0.29, 0.717) is 12.0 Å². The third-order valence-corrected chi connectivity index (χ3v) is 4.25. The number of tetrazole rings is 1. The lowest BCUT2D eigenvalue weighted by Gasteiger charge is -2.34. The molecule has 2 rings (SSSR count). The quantitative estimate of drug-likeness (QED) is 0.815. The van der Waals surface area contributed by atoms with Crippen molar-refractivity contribution in [3.63, 3.8) is 0 Å². The Hall–Kier alpha value is -0.970. The molecule has 5 nitrogen and oxygen atoms in total. The Morgan fingerprint density at radius 1 is 1.33 bits per heavy atom. The third-order valence-electron chi connectivity index (χ3n) is 4.25. The summed E-state index contributed by atoms with van der Waals surface area (Å²) in [6.07, 6.45) is 4.97. The van der Waals surface area contributed by atoms with Crippen LogP contribution in [0.25, 0.3) is 0 Å². The van der Waals surface area contributed by atoms with Crippen molar-refractivity contribution >= 4 is 0 Å². The first-order chi connectivity index (χ1) is 8.74. The molecular weight excluding hydrogens is 226 g/mol. The molecule has 5 heteroatoms. The first-order valence-corrected chi connectivity index (χ1v) is 7.21. The molecule has 1 aliphatic rings. The van der Waals surface area contributed by atoms with Crippen LogP contribution in [0.15, 0.2) is 0 Å². The lowest BCUT2D eigenvalue weighted by molar-refractivity contribution is 0.169. The average Bonchev–Trinajstić information content (AvgIpc) is 2.81. The van der Waals surface area contributed by atoms with Crippen molar-refractivity contribution in [2.45, 2.75) is 59.0 Å². The molecule has 0 radical (unpaired) electrons. The molecule has 0 bridgehead atoms. The normalized spacial score (nSPS) is 28.5. The van der Waals surface area contributed by atoms with Crippen molar-refractivity contribution in [1.82, 2.24) is 25.5 Å². The van der Waals surface area contributed by atoms with E-state index in [1.807, 2.05) is 0 Å². The fraction of sp³-hybridized carbons (Fsp3) is 0.923. The van der Waals surface area contributed by atoms with Gasteiger partial charge in [0.05, 0.1) is 12.6 Å². The second-order valence-electron chi connectivity index (χ2n) is 5.55. The van der Waals surface area contributed by atoms with Gasteiger partial charge in [0, 0.05) is 0 Å². The van der Waals surface area contributed by atoms with E-state index in [1.165, 1.54) is 19.3 Å². The number of rotatable bonds is 5. The van der Waals surface area contributed by atoms with E-state index in [0.717, 1.165) is 31.3 Å². The van der Waals surface area contributed by atoms with Crippen LogP contribution in [-0.2, 0) is 6.54 Å². The largest absolute Gasteiger partial charge is 0.310 e. The summed E-state index contributed by atoms with van der Waals surface area (Å²) in [6.45, 7) is 8.64. The molecule has 18 heavy (non-hydrogen) atoms. The van der Waals surface area contributed by atoms with Gasteiger partial charge in [-0.25, -0.2) is 4.68 Å². The van der Waals surface area contributed by atoms with Crippen LogP contribution in [0.1, 0.15) is 58.3 Å². The number of aromatic nitrogens is 4. The van der Waals surface area contributed by atoms with Crippen LogP contribution in [-0.4, -0.2) is 26.8 Å². The summed E-state index contributed by atoms with van der Waals surface area (Å²) in [5, 5.41) is 15.6. The Balaban J connectivity index is 2.05. The predicted molar refractivity (Wildman–Crippen MR) is 71.0 cm³/mol. The molecule has 102 valence electrons. The van der Waals surface area contributed by atoms with E-state index < -0.39 is 0 Å². The van der Waals surface area contributed by atoms with Crippen molar-refractivity contribution in [1.29, 1.82) is 0 Å². The maximum absolute atomic E-state index is 4.22. The van der Waals surface area contributed by atoms with Crippen molar-refractivity contribution in [2.24, 2.45) is 11.8 Å². The fourth-order valence-corrected chi connectivity index (χ4v) is 2.86. The SMILES string of the molecule is CCCNCc1nnnn1C1CCCC(C)C1C. The highest BCUT2D eigenvalue weighted by molar-refractivity contribution is 4.89. The standard InChI is InChI=1S/C13H25N5/c1-4-8-14-9-13-15-16-17-18(13)12-7-5-6-10(2)11(12)3/h10-12,14H,4-9H2,1-3H3. The van der Waals surface area contributed by atoms with Crippen LogP contribution >= 0.6 is 0 Å². The molecule has 1 aromatic heterocycles. The van der Waals surface area contributed by atoms with Gasteiger partial charge in [-0.3, -0.25) is 0 Å². The molecular formula is C13H25N5. The van der Waals surface area contributed by atoms with Crippen molar-refractivity contribution in [3.05, 3.63) is 5.82 Å². The molecule has 1 aromatic rings. The van der Waals surface area contributed by atoms with Crippen LogP contribution in [0.5, 0.6) is 0 Å². The first kappa shape index (κ1) is 13.5. The molecule has 1 N–H and O–H groups in total. The Kier molecular flexibility index (Phi) is 4.69. The van der Waals surface area contributed by atoms with Crippen LogP contribution < -0.4 is 5.32 Å². The van der Waals surface area contributed by atoms with E-state index in [2.05, 4.69) is 46.3 Å². The Bertz CT molecular complexity index is 362. The summed E-state index contributed by atoms with van der Waals surface area (Å²) in [4.78, 5) is 0. The van der Waals surface area contributed by atoms with E-state index in [-0.39, 0.29) is 0 Å². The maximum Gasteiger partial charge on any atom is 0.165 e. The van der Waals surface area contributed by atoms with Gasteiger partial charge < -0.3 is 5.32 Å². The molecule has 0 amide bonds. The van der Waals surface area contributed by atoms with E-state index in [1.54, 1.807) is 0 Å². The summed E-state index contributed by atoms with van der Waals surface area (Å²) in [6, 6.07) is 0.474. The lowest BCUT2D eigenvalue weighted by Crippen LogP contribution is -2.30. The molecule has 0 aliphatic heterocycles. The van der Waals surface area contributed by atoms with Crippen molar-refractivity contribution in [3.8, 4) is 0 Å². The van der Waals surface area contributed by atoms with E-state index in [4.69, 9.17) is 0 Å². The first-order valence-electron chi connectivity index (χ1n) is 7.21. The highest BCUT2D eigenvalue weighted by Crippen LogP contribution is 2.37. The van der Waals surface area contributed by atoms with Crippen LogP contribution in [0.2, 0.25) is 0 Å². The summed E-state index contributed by atoms with van der Waals surface area (Å²) in [5.41, 5.74) is 0. The maximum atomic E-state index is 4.22. The Morgan fingerprint density at radius 2 is 2.17 bits per heavy atom. The number of nitrogens with zero attached hydrogens (tertiary/aromatic N) is 4. The third kappa shape index (κ3) is 2.88. The zero-order chi connectivity index (χ0) is 13.0. The molecule has 1 fully saturated rings. The van der Waals surface area contributed by atoms with E-state index in [9.17, 15) is 0 Å². The number of hydrogen-bond acceptors (Lipinski definition) is 4. The Labute approximate surface area is 109 Å². The summed E-state index contributed by atoms with van der Waals surface area (Å²) in [7, 11) is 0. The minimum Gasteiger partial charge on any atom is -0.310 e. The highest BCUT2D eigenvalue weighted by atomic mass is 15.6. The van der Waals surface area contributed by atoms with Gasteiger partial charge in [-0.1, -0.05) is 33.6 Å². The zero-order valence-electron chi connectivity index (χ0n) is 11.8. The number of hydrogen-bond donors (Lipinski definition) is 1. The number of nitrogens with one attached hydrogen (secondary N) is 1. The predicted octanol–water partition coefficient (Wildman–Crippen LogP) is 2.17. The smallest absolute Gasteiger partial charge is 0.165 e. The monoisotopic (exact) mass is 251 g/mol. The molecule has 3 unspecified atom stereocenters. The molecule has 0 spiro atoms. The van der Waals surface area contributed by atoms with Gasteiger partial charge in [0.1, 0.15) is 0 Å². The van der Waals surface area contributed by atoms with Crippen LogP contribution in [0.4, 0.5) is 0 Å². The molecule has 3 atom stereocenters. The zero-order valence-corrected chi connectivity index (χ0v) is 11.8. The lowest BCUT2D eigenvalue weighted by atomic mass is 9.78. The summed E-state index contributed by atoms with van der Waals surface area (Å²) < 4.78 is 2.06. The Morgan fingerprint density at radius 3 is 2.94 bits per heavy atom. The van der Waals surface area contributed by atoms with Gasteiger partial charge in [0.25, 0.3) is 0 Å². The van der Waals surface area contributed by atoms with Gasteiger partial charge in [0.15, 0.2) is 5.82 Å². The van der Waals surface area contributed by atoms with Gasteiger partial charge in [0.2, 0.25) is 0 Å². The average molecular weight is 251 g/mol. The van der Waals surface area contributed by atoms with Gasteiger partial charge in [-0.05, 0) is 41.6 Å².